The summed E-state index contributed by atoms with van der Waals surface area (Å²) in [5, 5.41) is 0. The molecule has 116 valence electrons. The average molecular weight is 294 g/mol. The fourth-order valence-electron chi connectivity index (χ4n) is 3.05. The highest BCUT2D eigenvalue weighted by atomic mass is 16.5. The third-order valence-electron chi connectivity index (χ3n) is 4.36. The summed E-state index contributed by atoms with van der Waals surface area (Å²) in [7, 11) is 1.37. The third-order valence-corrected chi connectivity index (χ3v) is 4.36. The number of hydrogen-bond donors (Lipinski definition) is 0. The van der Waals surface area contributed by atoms with Crippen molar-refractivity contribution < 1.29 is 19.1 Å². The van der Waals surface area contributed by atoms with Crippen molar-refractivity contribution in [2.75, 3.05) is 33.3 Å². The maximum absolute atomic E-state index is 12.5. The Morgan fingerprint density at radius 1 is 1.05 bits per heavy atom. The minimum Gasteiger partial charge on any atom is -0.469 e. The van der Waals surface area contributed by atoms with Crippen LogP contribution in [0.15, 0.2) is 12.7 Å². The highest BCUT2D eigenvalue weighted by Crippen LogP contribution is 2.24. The average Bonchev–Trinajstić information content (AvgIpc) is 3.02. The summed E-state index contributed by atoms with van der Waals surface area (Å²) in [6.07, 6.45) is 3.34. The van der Waals surface area contributed by atoms with Crippen molar-refractivity contribution in [2.45, 2.75) is 19.3 Å². The molecule has 0 saturated carbocycles. The Morgan fingerprint density at radius 3 is 2.19 bits per heavy atom. The van der Waals surface area contributed by atoms with E-state index in [9.17, 15) is 14.4 Å². The van der Waals surface area contributed by atoms with Crippen LogP contribution in [0.25, 0.3) is 0 Å². The number of ether oxygens (including phenoxy) is 1. The number of nitrogens with zero attached hydrogens (tertiary/aromatic N) is 2. The van der Waals surface area contributed by atoms with Crippen molar-refractivity contribution in [1.29, 1.82) is 0 Å². The van der Waals surface area contributed by atoms with Crippen molar-refractivity contribution in [1.82, 2.24) is 9.80 Å². The molecule has 0 radical (unpaired) electrons. The fourth-order valence-corrected chi connectivity index (χ4v) is 3.05. The largest absolute Gasteiger partial charge is 0.469 e. The van der Waals surface area contributed by atoms with Crippen LogP contribution in [0.1, 0.15) is 19.3 Å². The summed E-state index contributed by atoms with van der Waals surface area (Å²) in [4.78, 5) is 38.9. The SMILES string of the molecule is C=CC(=O)N1CCC(C(=O)N2CCC(C(=O)OC)C2)CC1. The monoisotopic (exact) mass is 294 g/mol. The van der Waals surface area contributed by atoms with Crippen molar-refractivity contribution >= 4 is 17.8 Å². The molecule has 21 heavy (non-hydrogen) atoms. The minimum atomic E-state index is -0.239. The van der Waals surface area contributed by atoms with E-state index in [1.807, 2.05) is 0 Å². The van der Waals surface area contributed by atoms with Gasteiger partial charge >= 0.3 is 5.97 Å². The van der Waals surface area contributed by atoms with Gasteiger partial charge in [0.2, 0.25) is 11.8 Å². The van der Waals surface area contributed by atoms with E-state index in [1.165, 1.54) is 13.2 Å². The van der Waals surface area contributed by atoms with Gasteiger partial charge in [0.1, 0.15) is 0 Å². The molecule has 0 bridgehead atoms. The summed E-state index contributed by atoms with van der Waals surface area (Å²) in [5.41, 5.74) is 0. The van der Waals surface area contributed by atoms with Crippen molar-refractivity contribution in [3.8, 4) is 0 Å². The van der Waals surface area contributed by atoms with E-state index >= 15 is 0 Å². The second kappa shape index (κ2) is 6.74. The second-order valence-corrected chi connectivity index (χ2v) is 5.60. The van der Waals surface area contributed by atoms with E-state index in [1.54, 1.807) is 9.80 Å². The molecule has 2 aliphatic heterocycles. The highest BCUT2D eigenvalue weighted by molar-refractivity contribution is 5.87. The van der Waals surface area contributed by atoms with E-state index < -0.39 is 0 Å². The van der Waals surface area contributed by atoms with E-state index in [-0.39, 0.29) is 29.6 Å². The van der Waals surface area contributed by atoms with Crippen LogP contribution in [0.4, 0.5) is 0 Å². The predicted molar refractivity (Wildman–Crippen MR) is 76.2 cm³/mol. The van der Waals surface area contributed by atoms with E-state index in [0.29, 0.717) is 45.4 Å². The van der Waals surface area contributed by atoms with Gasteiger partial charge in [-0.15, -0.1) is 0 Å². The minimum absolute atomic E-state index is 0.0461. The van der Waals surface area contributed by atoms with Crippen LogP contribution in [0.5, 0.6) is 0 Å². The first-order chi connectivity index (χ1) is 10.1. The summed E-state index contributed by atoms with van der Waals surface area (Å²) >= 11 is 0. The van der Waals surface area contributed by atoms with Crippen LogP contribution in [-0.2, 0) is 19.1 Å². The topological polar surface area (TPSA) is 66.9 Å². The first-order valence-electron chi connectivity index (χ1n) is 7.34. The lowest BCUT2D eigenvalue weighted by Gasteiger charge is -2.32. The molecule has 2 fully saturated rings. The number of hydrogen-bond acceptors (Lipinski definition) is 4. The number of piperidine rings is 1. The molecular weight excluding hydrogens is 272 g/mol. The lowest BCUT2D eigenvalue weighted by Crippen LogP contribution is -2.43. The Morgan fingerprint density at radius 2 is 1.62 bits per heavy atom. The number of methoxy groups -OCH3 is 1. The quantitative estimate of drug-likeness (QED) is 0.559. The Labute approximate surface area is 124 Å². The smallest absolute Gasteiger partial charge is 0.310 e. The summed E-state index contributed by atoms with van der Waals surface area (Å²) < 4.78 is 4.73. The highest BCUT2D eigenvalue weighted by Gasteiger charge is 2.36. The summed E-state index contributed by atoms with van der Waals surface area (Å²) in [5.74, 6) is -0.451. The lowest BCUT2D eigenvalue weighted by molar-refractivity contribution is -0.145. The summed E-state index contributed by atoms with van der Waals surface area (Å²) in [6, 6.07) is 0. The van der Waals surface area contributed by atoms with Gasteiger partial charge in [-0.3, -0.25) is 14.4 Å². The van der Waals surface area contributed by atoms with Crippen LogP contribution in [0, 0.1) is 11.8 Å². The van der Waals surface area contributed by atoms with E-state index in [0.717, 1.165) is 0 Å². The Kier molecular flexibility index (Phi) is 4.98. The molecular formula is C15H22N2O4. The van der Waals surface area contributed by atoms with E-state index in [2.05, 4.69) is 6.58 Å². The van der Waals surface area contributed by atoms with Crippen LogP contribution < -0.4 is 0 Å². The Balaban J connectivity index is 1.84. The Hall–Kier alpha value is -1.85. The maximum Gasteiger partial charge on any atom is 0.310 e. The number of esters is 1. The molecule has 6 heteroatoms. The number of rotatable bonds is 3. The van der Waals surface area contributed by atoms with Crippen LogP contribution in [0.2, 0.25) is 0 Å². The van der Waals surface area contributed by atoms with Gasteiger partial charge in [0.25, 0.3) is 0 Å². The van der Waals surface area contributed by atoms with Crippen molar-refractivity contribution in [3.05, 3.63) is 12.7 Å². The normalized spacial score (nSPS) is 23.0. The van der Waals surface area contributed by atoms with Crippen molar-refractivity contribution in [3.63, 3.8) is 0 Å². The standard InChI is InChI=1S/C15H22N2O4/c1-3-13(18)16-7-4-11(5-8-16)14(19)17-9-6-12(10-17)15(20)21-2/h3,11-12H,1,4-10H2,2H3. The molecule has 2 amide bonds. The lowest BCUT2D eigenvalue weighted by atomic mass is 9.95. The van der Waals surface area contributed by atoms with Crippen LogP contribution in [0.3, 0.4) is 0 Å². The van der Waals surface area contributed by atoms with Gasteiger partial charge in [0.05, 0.1) is 13.0 Å². The molecule has 0 N–H and O–H groups in total. The molecule has 0 aromatic rings. The van der Waals surface area contributed by atoms with Gasteiger partial charge in [0.15, 0.2) is 0 Å². The molecule has 0 spiro atoms. The number of amides is 2. The predicted octanol–water partition coefficient (Wildman–Crippen LogP) is 0.433. The van der Waals surface area contributed by atoms with Gasteiger partial charge < -0.3 is 14.5 Å². The zero-order valence-corrected chi connectivity index (χ0v) is 12.4. The molecule has 0 aliphatic carbocycles. The summed E-state index contributed by atoms with van der Waals surface area (Å²) in [6.45, 7) is 5.73. The second-order valence-electron chi connectivity index (χ2n) is 5.60. The van der Waals surface area contributed by atoms with Gasteiger partial charge in [-0.05, 0) is 25.3 Å². The van der Waals surface area contributed by atoms with E-state index in [4.69, 9.17) is 4.74 Å². The molecule has 1 atom stereocenters. The molecule has 2 rings (SSSR count). The molecule has 0 aromatic heterocycles. The van der Waals surface area contributed by atoms with Gasteiger partial charge in [-0.1, -0.05) is 6.58 Å². The zero-order valence-electron chi connectivity index (χ0n) is 12.4. The number of likely N-dealkylation sites (tertiary alicyclic amines) is 2. The Bertz CT molecular complexity index is 441. The molecule has 0 aromatic carbocycles. The molecule has 6 nitrogen and oxygen atoms in total. The van der Waals surface area contributed by atoms with Crippen molar-refractivity contribution in [2.24, 2.45) is 11.8 Å². The molecule has 2 saturated heterocycles. The molecule has 2 aliphatic rings. The third kappa shape index (κ3) is 3.43. The van der Waals surface area contributed by atoms with Gasteiger partial charge in [0, 0.05) is 32.1 Å². The molecule has 1 unspecified atom stereocenters. The number of carbonyl (C=O) groups is 3. The maximum atomic E-state index is 12.5. The zero-order chi connectivity index (χ0) is 15.4. The van der Waals surface area contributed by atoms with Crippen LogP contribution >= 0.6 is 0 Å². The molecule has 2 heterocycles. The van der Waals surface area contributed by atoms with Gasteiger partial charge in [-0.2, -0.15) is 0 Å². The number of carbonyl (C=O) groups excluding carboxylic acids is 3. The first-order valence-corrected chi connectivity index (χ1v) is 7.34. The first kappa shape index (κ1) is 15.5. The fraction of sp³-hybridized carbons (Fsp3) is 0.667. The van der Waals surface area contributed by atoms with Crippen LogP contribution in [-0.4, -0.2) is 60.9 Å². The van der Waals surface area contributed by atoms with Gasteiger partial charge in [-0.25, -0.2) is 0 Å².